The molecule has 1 spiro atoms. The first-order valence-corrected chi connectivity index (χ1v) is 8.59. The molecule has 1 aliphatic heterocycles. The molecule has 0 aromatic carbocycles. The second kappa shape index (κ2) is 6.58. The SMILES string of the molecule is CCCCCC(C)(CN)N1CCC2(CCCC2)CC1. The molecule has 1 heterocycles. The van der Waals surface area contributed by atoms with E-state index >= 15 is 0 Å². The molecule has 1 aliphatic carbocycles. The first-order chi connectivity index (χ1) is 9.14. The lowest BCUT2D eigenvalue weighted by Gasteiger charge is -2.48. The summed E-state index contributed by atoms with van der Waals surface area (Å²) in [5, 5.41) is 0. The van der Waals surface area contributed by atoms with Crippen LogP contribution in [0.15, 0.2) is 0 Å². The van der Waals surface area contributed by atoms with E-state index < -0.39 is 0 Å². The number of rotatable bonds is 6. The van der Waals surface area contributed by atoms with E-state index in [0.29, 0.717) is 0 Å². The van der Waals surface area contributed by atoms with Gasteiger partial charge in [-0.15, -0.1) is 0 Å². The molecule has 1 atom stereocenters. The number of piperidine rings is 1. The van der Waals surface area contributed by atoms with Crippen LogP contribution >= 0.6 is 0 Å². The Kier molecular flexibility index (Phi) is 5.30. The Bertz CT molecular complexity index is 260. The van der Waals surface area contributed by atoms with Crippen molar-refractivity contribution in [3.05, 3.63) is 0 Å². The molecular weight excluding hydrogens is 232 g/mol. The van der Waals surface area contributed by atoms with Gasteiger partial charge in [0.05, 0.1) is 0 Å². The quantitative estimate of drug-likeness (QED) is 0.738. The molecule has 2 heteroatoms. The fourth-order valence-corrected chi connectivity index (χ4v) is 4.29. The summed E-state index contributed by atoms with van der Waals surface area (Å²) in [6.07, 6.45) is 14.1. The summed E-state index contributed by atoms with van der Waals surface area (Å²) in [7, 11) is 0. The number of nitrogens with zero attached hydrogens (tertiary/aromatic N) is 1. The van der Waals surface area contributed by atoms with Crippen molar-refractivity contribution in [3.63, 3.8) is 0 Å². The largest absolute Gasteiger partial charge is 0.329 e. The second-order valence-corrected chi connectivity index (χ2v) is 7.35. The molecule has 2 N–H and O–H groups in total. The van der Waals surface area contributed by atoms with Gasteiger partial charge in [0.15, 0.2) is 0 Å². The Morgan fingerprint density at radius 1 is 1.05 bits per heavy atom. The minimum atomic E-state index is 0.259. The zero-order chi connectivity index (χ0) is 13.8. The van der Waals surface area contributed by atoms with E-state index in [0.717, 1.165) is 12.0 Å². The highest BCUT2D eigenvalue weighted by Crippen LogP contribution is 2.47. The van der Waals surface area contributed by atoms with Crippen LogP contribution in [0.5, 0.6) is 0 Å². The van der Waals surface area contributed by atoms with Crippen molar-refractivity contribution >= 4 is 0 Å². The first-order valence-electron chi connectivity index (χ1n) is 8.59. The van der Waals surface area contributed by atoms with Gasteiger partial charge in [-0.25, -0.2) is 0 Å². The van der Waals surface area contributed by atoms with Gasteiger partial charge in [0, 0.05) is 12.1 Å². The van der Waals surface area contributed by atoms with Gasteiger partial charge in [0.25, 0.3) is 0 Å². The first kappa shape index (κ1) is 15.3. The van der Waals surface area contributed by atoms with Crippen LogP contribution in [0.25, 0.3) is 0 Å². The van der Waals surface area contributed by atoms with E-state index in [1.165, 1.54) is 77.3 Å². The summed E-state index contributed by atoms with van der Waals surface area (Å²) in [6, 6.07) is 0. The third-order valence-corrected chi connectivity index (χ3v) is 6.01. The van der Waals surface area contributed by atoms with Crippen LogP contribution in [-0.2, 0) is 0 Å². The lowest BCUT2D eigenvalue weighted by Crippen LogP contribution is -2.55. The lowest BCUT2D eigenvalue weighted by atomic mass is 9.75. The van der Waals surface area contributed by atoms with E-state index in [1.807, 2.05) is 0 Å². The topological polar surface area (TPSA) is 29.3 Å². The van der Waals surface area contributed by atoms with Gasteiger partial charge in [0.1, 0.15) is 0 Å². The molecule has 0 aromatic rings. The van der Waals surface area contributed by atoms with Crippen molar-refractivity contribution in [2.45, 2.75) is 83.6 Å². The zero-order valence-corrected chi connectivity index (χ0v) is 13.2. The molecule has 0 amide bonds. The van der Waals surface area contributed by atoms with Gasteiger partial charge < -0.3 is 5.73 Å². The smallest absolute Gasteiger partial charge is 0.0303 e. The second-order valence-electron chi connectivity index (χ2n) is 7.35. The van der Waals surface area contributed by atoms with Crippen molar-refractivity contribution < 1.29 is 0 Å². The predicted octanol–water partition coefficient (Wildman–Crippen LogP) is 3.94. The van der Waals surface area contributed by atoms with E-state index in [4.69, 9.17) is 5.73 Å². The van der Waals surface area contributed by atoms with Gasteiger partial charge >= 0.3 is 0 Å². The highest BCUT2D eigenvalue weighted by atomic mass is 15.2. The molecule has 2 fully saturated rings. The van der Waals surface area contributed by atoms with Crippen LogP contribution in [0.3, 0.4) is 0 Å². The Balaban J connectivity index is 1.86. The number of nitrogens with two attached hydrogens (primary N) is 1. The normalized spacial score (nSPS) is 26.7. The summed E-state index contributed by atoms with van der Waals surface area (Å²) < 4.78 is 0. The summed E-state index contributed by atoms with van der Waals surface area (Å²) in [5.41, 5.74) is 7.11. The summed E-state index contributed by atoms with van der Waals surface area (Å²) >= 11 is 0. The molecule has 19 heavy (non-hydrogen) atoms. The Labute approximate surface area is 120 Å². The number of likely N-dealkylation sites (tertiary alicyclic amines) is 1. The van der Waals surface area contributed by atoms with Crippen molar-refractivity contribution in [1.82, 2.24) is 4.90 Å². The number of hydrogen-bond donors (Lipinski definition) is 1. The van der Waals surface area contributed by atoms with Crippen molar-refractivity contribution in [3.8, 4) is 0 Å². The standard InChI is InChI=1S/C17H34N2/c1-3-4-5-8-16(2,15-18)19-13-11-17(12-14-19)9-6-7-10-17/h3-15,18H2,1-2H3. The maximum absolute atomic E-state index is 6.12. The van der Waals surface area contributed by atoms with Gasteiger partial charge in [0.2, 0.25) is 0 Å². The lowest BCUT2D eigenvalue weighted by molar-refractivity contribution is 0.0255. The molecule has 0 radical (unpaired) electrons. The highest BCUT2D eigenvalue weighted by molar-refractivity contribution is 4.95. The third-order valence-electron chi connectivity index (χ3n) is 6.01. The Hall–Kier alpha value is -0.0800. The average Bonchev–Trinajstić information content (AvgIpc) is 2.88. The van der Waals surface area contributed by atoms with E-state index in [1.54, 1.807) is 0 Å². The van der Waals surface area contributed by atoms with Crippen LogP contribution in [0.1, 0.15) is 78.1 Å². The van der Waals surface area contributed by atoms with Gasteiger partial charge in [-0.05, 0) is 57.5 Å². The molecule has 0 bridgehead atoms. The monoisotopic (exact) mass is 266 g/mol. The summed E-state index contributed by atoms with van der Waals surface area (Å²) in [5.74, 6) is 0. The van der Waals surface area contributed by atoms with Crippen LogP contribution < -0.4 is 5.73 Å². The molecule has 2 rings (SSSR count). The van der Waals surface area contributed by atoms with Crippen LogP contribution in [0.2, 0.25) is 0 Å². The average molecular weight is 266 g/mol. The minimum absolute atomic E-state index is 0.259. The molecular formula is C17H34N2. The zero-order valence-electron chi connectivity index (χ0n) is 13.2. The highest BCUT2D eigenvalue weighted by Gasteiger charge is 2.40. The Morgan fingerprint density at radius 3 is 2.21 bits per heavy atom. The van der Waals surface area contributed by atoms with E-state index in [-0.39, 0.29) is 5.54 Å². The number of hydrogen-bond acceptors (Lipinski definition) is 2. The van der Waals surface area contributed by atoms with Crippen LogP contribution in [0, 0.1) is 5.41 Å². The number of unbranched alkanes of at least 4 members (excludes halogenated alkanes) is 2. The third kappa shape index (κ3) is 3.52. The predicted molar refractivity (Wildman–Crippen MR) is 83.3 cm³/mol. The molecule has 112 valence electrons. The van der Waals surface area contributed by atoms with Crippen molar-refractivity contribution in [2.24, 2.45) is 11.1 Å². The molecule has 2 nitrogen and oxygen atoms in total. The molecule has 1 saturated heterocycles. The summed E-state index contributed by atoms with van der Waals surface area (Å²) in [6.45, 7) is 8.09. The fraction of sp³-hybridized carbons (Fsp3) is 1.00. The molecule has 2 aliphatic rings. The van der Waals surface area contributed by atoms with Crippen molar-refractivity contribution in [1.29, 1.82) is 0 Å². The van der Waals surface area contributed by atoms with Gasteiger partial charge in [-0.2, -0.15) is 0 Å². The van der Waals surface area contributed by atoms with Crippen LogP contribution in [-0.4, -0.2) is 30.1 Å². The van der Waals surface area contributed by atoms with Crippen LogP contribution in [0.4, 0.5) is 0 Å². The van der Waals surface area contributed by atoms with E-state index in [2.05, 4.69) is 18.7 Å². The van der Waals surface area contributed by atoms with Gasteiger partial charge in [-0.3, -0.25) is 4.90 Å². The maximum atomic E-state index is 6.12. The van der Waals surface area contributed by atoms with Gasteiger partial charge in [-0.1, -0.05) is 39.0 Å². The Morgan fingerprint density at radius 2 is 1.68 bits per heavy atom. The molecule has 0 aromatic heterocycles. The molecule has 1 saturated carbocycles. The fourth-order valence-electron chi connectivity index (χ4n) is 4.29. The van der Waals surface area contributed by atoms with E-state index in [9.17, 15) is 0 Å². The summed E-state index contributed by atoms with van der Waals surface area (Å²) in [4.78, 5) is 2.71. The minimum Gasteiger partial charge on any atom is -0.329 e. The maximum Gasteiger partial charge on any atom is 0.0303 e. The van der Waals surface area contributed by atoms with Crippen molar-refractivity contribution in [2.75, 3.05) is 19.6 Å². The molecule has 1 unspecified atom stereocenters.